The number of carbonyl (C=O) groups excluding carboxylic acids is 1. The van der Waals surface area contributed by atoms with Crippen LogP contribution in [0.1, 0.15) is 32.8 Å². The number of hydrogen-bond acceptors (Lipinski definition) is 4. The van der Waals surface area contributed by atoms with Crippen molar-refractivity contribution in [2.24, 2.45) is 0 Å². The van der Waals surface area contributed by atoms with Crippen molar-refractivity contribution < 1.29 is 18.7 Å². The molecule has 0 radical (unpaired) electrons. The Morgan fingerprint density at radius 2 is 1.93 bits per heavy atom. The number of nitrogens with one attached hydrogen (secondary N) is 1. The summed E-state index contributed by atoms with van der Waals surface area (Å²) in [6.45, 7) is 8.27. The molecule has 1 N–H and O–H groups in total. The second-order valence-corrected chi connectivity index (χ2v) is 6.96. The van der Waals surface area contributed by atoms with Crippen molar-refractivity contribution >= 4 is 22.4 Å². The summed E-state index contributed by atoms with van der Waals surface area (Å²) in [5.74, 6) is 0.582. The number of benzene rings is 2. The number of ether oxygens (including phenoxy) is 2. The van der Waals surface area contributed by atoms with Gasteiger partial charge >= 0.3 is 0 Å². The molecule has 1 heterocycles. The van der Waals surface area contributed by atoms with Crippen LogP contribution in [0.15, 0.2) is 59.2 Å². The van der Waals surface area contributed by atoms with E-state index in [0.717, 1.165) is 39.7 Å². The van der Waals surface area contributed by atoms with E-state index >= 15 is 0 Å². The molecule has 0 aliphatic carbocycles. The molecule has 0 aliphatic heterocycles. The molecule has 0 saturated carbocycles. The summed E-state index contributed by atoms with van der Waals surface area (Å²) >= 11 is 0. The molecule has 0 saturated heterocycles. The van der Waals surface area contributed by atoms with Crippen LogP contribution in [0.4, 0.5) is 0 Å². The fourth-order valence-corrected chi connectivity index (χ4v) is 3.33. The molecule has 5 heteroatoms. The maximum absolute atomic E-state index is 12.3. The smallest absolute Gasteiger partial charge is 0.244 e. The standard InChI is InChI=1S/C25H29NO4/c1-4-28-13-9-12-26-25(27)14-18(3)20-15-21-22(19-10-7-6-8-11-19)17-30-24(21)16-23(20)29-5-2/h6-8,10-11,14-17H,4-5,9,12-13H2,1-3H3,(H,26,27)/b18-14+. The SMILES string of the molecule is CCOCCCNC(=O)/C=C(\C)c1cc2c(-c3ccccc3)coc2cc1OCC. The Morgan fingerprint density at radius 1 is 1.13 bits per heavy atom. The maximum Gasteiger partial charge on any atom is 0.244 e. The third-order valence-corrected chi connectivity index (χ3v) is 4.80. The molecular formula is C25H29NO4. The van der Waals surface area contributed by atoms with E-state index < -0.39 is 0 Å². The average molecular weight is 408 g/mol. The van der Waals surface area contributed by atoms with E-state index in [0.29, 0.717) is 32.1 Å². The van der Waals surface area contributed by atoms with Crippen molar-refractivity contribution in [3.05, 3.63) is 60.4 Å². The van der Waals surface area contributed by atoms with E-state index in [1.54, 1.807) is 12.3 Å². The molecule has 0 aliphatic rings. The first-order valence-electron chi connectivity index (χ1n) is 10.4. The van der Waals surface area contributed by atoms with Gasteiger partial charge in [-0.05, 0) is 44.4 Å². The average Bonchev–Trinajstić information content (AvgIpc) is 3.16. The van der Waals surface area contributed by atoms with Crippen LogP contribution < -0.4 is 10.1 Å². The topological polar surface area (TPSA) is 60.7 Å². The van der Waals surface area contributed by atoms with Crippen molar-refractivity contribution in [1.29, 1.82) is 0 Å². The van der Waals surface area contributed by atoms with Crippen molar-refractivity contribution in [3.63, 3.8) is 0 Å². The lowest BCUT2D eigenvalue weighted by molar-refractivity contribution is -0.116. The molecule has 30 heavy (non-hydrogen) atoms. The first kappa shape index (κ1) is 21.7. The fraction of sp³-hybridized carbons (Fsp3) is 0.320. The predicted octanol–water partition coefficient (Wildman–Crippen LogP) is 5.44. The highest BCUT2D eigenvalue weighted by molar-refractivity contribution is 6.00. The Labute approximate surface area is 177 Å². The lowest BCUT2D eigenvalue weighted by Crippen LogP contribution is -2.23. The molecule has 1 amide bonds. The number of amides is 1. The minimum atomic E-state index is -0.123. The van der Waals surface area contributed by atoms with Gasteiger partial charge in [0.1, 0.15) is 11.3 Å². The quantitative estimate of drug-likeness (QED) is 0.359. The Morgan fingerprint density at radius 3 is 2.67 bits per heavy atom. The third-order valence-electron chi connectivity index (χ3n) is 4.80. The highest BCUT2D eigenvalue weighted by atomic mass is 16.5. The predicted molar refractivity (Wildman–Crippen MR) is 121 cm³/mol. The van der Waals surface area contributed by atoms with Gasteiger partial charge < -0.3 is 19.2 Å². The summed E-state index contributed by atoms with van der Waals surface area (Å²) < 4.78 is 16.9. The van der Waals surface area contributed by atoms with Crippen molar-refractivity contribution in [2.45, 2.75) is 27.2 Å². The second kappa shape index (κ2) is 10.6. The minimum absolute atomic E-state index is 0.123. The molecule has 0 bridgehead atoms. The van der Waals surface area contributed by atoms with Crippen LogP contribution in [0, 0.1) is 0 Å². The molecule has 0 fully saturated rings. The van der Waals surface area contributed by atoms with Gasteiger partial charge in [-0.2, -0.15) is 0 Å². The van der Waals surface area contributed by atoms with Gasteiger partial charge in [0.05, 0.1) is 12.9 Å². The number of hydrogen-bond donors (Lipinski definition) is 1. The molecule has 3 aromatic rings. The van der Waals surface area contributed by atoms with Crippen LogP contribution >= 0.6 is 0 Å². The van der Waals surface area contributed by atoms with Gasteiger partial charge in [-0.25, -0.2) is 0 Å². The van der Waals surface area contributed by atoms with Crippen molar-refractivity contribution in [2.75, 3.05) is 26.4 Å². The van der Waals surface area contributed by atoms with Gasteiger partial charge in [0, 0.05) is 48.4 Å². The Bertz CT molecular complexity index is 1000. The number of furan rings is 1. The summed E-state index contributed by atoms with van der Waals surface area (Å²) in [4.78, 5) is 12.3. The Kier molecular flexibility index (Phi) is 7.69. The molecule has 1 aromatic heterocycles. The summed E-state index contributed by atoms with van der Waals surface area (Å²) in [6, 6.07) is 14.1. The second-order valence-electron chi connectivity index (χ2n) is 6.96. The van der Waals surface area contributed by atoms with Crippen LogP contribution in [-0.4, -0.2) is 32.3 Å². The largest absolute Gasteiger partial charge is 0.493 e. The summed E-state index contributed by atoms with van der Waals surface area (Å²) in [7, 11) is 0. The fourth-order valence-electron chi connectivity index (χ4n) is 3.33. The lowest BCUT2D eigenvalue weighted by Gasteiger charge is -2.12. The number of rotatable bonds is 10. The summed E-state index contributed by atoms with van der Waals surface area (Å²) in [6.07, 6.45) is 4.17. The van der Waals surface area contributed by atoms with Gasteiger partial charge in [-0.15, -0.1) is 0 Å². The summed E-state index contributed by atoms with van der Waals surface area (Å²) in [5.41, 5.74) is 4.58. The van der Waals surface area contributed by atoms with Crippen LogP contribution in [0.25, 0.3) is 27.7 Å². The highest BCUT2D eigenvalue weighted by Gasteiger charge is 2.15. The zero-order valence-corrected chi connectivity index (χ0v) is 17.9. The minimum Gasteiger partial charge on any atom is -0.493 e. The first-order chi connectivity index (χ1) is 14.6. The molecule has 3 rings (SSSR count). The van der Waals surface area contributed by atoms with E-state index in [1.165, 1.54) is 0 Å². The molecule has 0 unspecified atom stereocenters. The lowest BCUT2D eigenvalue weighted by atomic mass is 9.99. The van der Waals surface area contributed by atoms with E-state index in [4.69, 9.17) is 13.9 Å². The first-order valence-corrected chi connectivity index (χ1v) is 10.4. The Hall–Kier alpha value is -3.05. The van der Waals surface area contributed by atoms with E-state index in [9.17, 15) is 4.79 Å². The third kappa shape index (κ3) is 5.30. The van der Waals surface area contributed by atoms with Gasteiger partial charge in [0.2, 0.25) is 5.91 Å². The molecule has 2 aromatic carbocycles. The molecule has 5 nitrogen and oxygen atoms in total. The number of fused-ring (bicyclic) bond motifs is 1. The van der Waals surface area contributed by atoms with Gasteiger partial charge in [0.15, 0.2) is 0 Å². The Balaban J connectivity index is 1.88. The van der Waals surface area contributed by atoms with Crippen LogP contribution in [-0.2, 0) is 9.53 Å². The zero-order chi connectivity index (χ0) is 21.3. The van der Waals surface area contributed by atoms with Crippen LogP contribution in [0.2, 0.25) is 0 Å². The van der Waals surface area contributed by atoms with Crippen molar-refractivity contribution in [1.82, 2.24) is 5.32 Å². The maximum atomic E-state index is 12.3. The van der Waals surface area contributed by atoms with Gasteiger partial charge in [-0.3, -0.25) is 4.79 Å². The highest BCUT2D eigenvalue weighted by Crippen LogP contribution is 2.37. The molecule has 0 atom stereocenters. The van der Waals surface area contributed by atoms with Gasteiger partial charge in [0.25, 0.3) is 0 Å². The van der Waals surface area contributed by atoms with Crippen molar-refractivity contribution in [3.8, 4) is 16.9 Å². The molecule has 158 valence electrons. The monoisotopic (exact) mass is 407 g/mol. The number of allylic oxidation sites excluding steroid dienone is 1. The van der Waals surface area contributed by atoms with Crippen LogP contribution in [0.5, 0.6) is 5.75 Å². The van der Waals surface area contributed by atoms with Gasteiger partial charge in [-0.1, -0.05) is 30.3 Å². The van der Waals surface area contributed by atoms with E-state index in [-0.39, 0.29) is 5.91 Å². The normalized spacial score (nSPS) is 11.6. The van der Waals surface area contributed by atoms with E-state index in [2.05, 4.69) is 17.4 Å². The van der Waals surface area contributed by atoms with Crippen LogP contribution in [0.3, 0.4) is 0 Å². The molecule has 0 spiro atoms. The number of carbonyl (C=O) groups is 1. The zero-order valence-electron chi connectivity index (χ0n) is 17.9. The summed E-state index contributed by atoms with van der Waals surface area (Å²) in [5, 5.41) is 3.90. The van der Waals surface area contributed by atoms with E-state index in [1.807, 2.05) is 51.1 Å². The molecular weight excluding hydrogens is 378 g/mol.